The number of pyridine rings is 1. The highest BCUT2D eigenvalue weighted by Gasteiger charge is 2.15. The molecular formula is C10H13N3OS. The molecule has 1 aromatic heterocycles. The van der Waals surface area contributed by atoms with Gasteiger partial charge in [-0.3, -0.25) is 4.98 Å². The molecule has 0 saturated carbocycles. The van der Waals surface area contributed by atoms with Gasteiger partial charge in [0.2, 0.25) is 6.19 Å². The topological polar surface area (TPSA) is 66.1 Å². The van der Waals surface area contributed by atoms with Crippen LogP contribution in [0.2, 0.25) is 0 Å². The molecule has 80 valence electrons. The van der Waals surface area contributed by atoms with Crippen LogP contribution in [-0.2, 0) is 9.73 Å². The first-order valence-electron chi connectivity index (χ1n) is 4.49. The minimum absolute atomic E-state index is 0.287. The third-order valence-corrected chi connectivity index (χ3v) is 4.31. The van der Waals surface area contributed by atoms with Gasteiger partial charge < -0.3 is 0 Å². The molecule has 0 aromatic carbocycles. The van der Waals surface area contributed by atoms with Gasteiger partial charge in [-0.1, -0.05) is 6.07 Å². The molecule has 1 rings (SSSR count). The van der Waals surface area contributed by atoms with Crippen molar-refractivity contribution in [1.29, 1.82) is 5.26 Å². The number of aromatic nitrogens is 1. The maximum atomic E-state index is 12.0. The van der Waals surface area contributed by atoms with E-state index in [1.807, 2.05) is 19.1 Å². The first-order valence-corrected chi connectivity index (χ1v) is 6.47. The molecule has 0 aliphatic heterocycles. The van der Waals surface area contributed by atoms with Crippen LogP contribution in [0.4, 0.5) is 0 Å². The largest absolute Gasteiger partial charge is 0.261 e. The lowest BCUT2D eigenvalue weighted by molar-refractivity contribution is 0.673. The second-order valence-electron chi connectivity index (χ2n) is 3.43. The second kappa shape index (κ2) is 4.41. The summed E-state index contributed by atoms with van der Waals surface area (Å²) in [5.74, 6) is 0. The number of nitriles is 1. The monoisotopic (exact) mass is 223 g/mol. The predicted octanol–water partition coefficient (Wildman–Crippen LogP) is 2.03. The van der Waals surface area contributed by atoms with Crippen molar-refractivity contribution in [3.8, 4) is 6.19 Å². The Balaban J connectivity index is 3.12. The van der Waals surface area contributed by atoms with Crippen LogP contribution in [0, 0.1) is 18.4 Å². The minimum Gasteiger partial charge on any atom is -0.261 e. The van der Waals surface area contributed by atoms with E-state index in [0.717, 1.165) is 11.3 Å². The highest BCUT2D eigenvalue weighted by Crippen LogP contribution is 2.21. The molecule has 0 aliphatic carbocycles. The van der Waals surface area contributed by atoms with Crippen LogP contribution in [-0.4, -0.2) is 15.4 Å². The predicted molar refractivity (Wildman–Crippen MR) is 59.5 cm³/mol. The van der Waals surface area contributed by atoms with Gasteiger partial charge in [-0.15, -0.1) is 4.36 Å². The number of aryl methyl sites for hydroxylation is 1. The molecular weight excluding hydrogens is 210 g/mol. The SMILES string of the molecule is Cc1ccc([C@H](C)[S@@](C)(=O)=NC#N)cn1. The number of rotatable bonds is 2. The average Bonchev–Trinajstić information content (AvgIpc) is 2.18. The lowest BCUT2D eigenvalue weighted by Gasteiger charge is -2.12. The van der Waals surface area contributed by atoms with Gasteiger partial charge >= 0.3 is 0 Å². The van der Waals surface area contributed by atoms with E-state index < -0.39 is 9.73 Å². The zero-order chi connectivity index (χ0) is 11.5. The van der Waals surface area contributed by atoms with E-state index in [-0.39, 0.29) is 5.25 Å². The van der Waals surface area contributed by atoms with Crippen LogP contribution in [0.15, 0.2) is 22.7 Å². The first-order chi connectivity index (χ1) is 6.97. The molecule has 1 aromatic rings. The maximum absolute atomic E-state index is 12.0. The van der Waals surface area contributed by atoms with Crippen molar-refractivity contribution in [2.75, 3.05) is 6.26 Å². The normalized spacial score (nSPS) is 16.1. The fourth-order valence-corrected chi connectivity index (χ4v) is 2.10. The standard InChI is InChI=1S/C10H13N3OS/c1-8-4-5-10(6-12-8)9(2)15(3,14)13-7-11/h4-6,9H,1-3H3/t9-,15+/m0/s1. The average molecular weight is 223 g/mol. The molecule has 0 saturated heterocycles. The van der Waals surface area contributed by atoms with Gasteiger partial charge in [-0.05, 0) is 25.5 Å². The van der Waals surface area contributed by atoms with E-state index in [0.29, 0.717) is 0 Å². The summed E-state index contributed by atoms with van der Waals surface area (Å²) in [7, 11) is -2.50. The summed E-state index contributed by atoms with van der Waals surface area (Å²) in [6.07, 6.45) is 4.76. The Hall–Kier alpha value is -1.41. The Morgan fingerprint density at radius 1 is 1.60 bits per heavy atom. The van der Waals surface area contributed by atoms with Crippen molar-refractivity contribution in [1.82, 2.24) is 4.98 Å². The van der Waals surface area contributed by atoms with E-state index in [1.54, 1.807) is 19.3 Å². The van der Waals surface area contributed by atoms with Crippen LogP contribution in [0.25, 0.3) is 0 Å². The third kappa shape index (κ3) is 2.77. The Morgan fingerprint density at radius 2 is 2.27 bits per heavy atom. The molecule has 0 aliphatic rings. The summed E-state index contributed by atoms with van der Waals surface area (Å²) >= 11 is 0. The fourth-order valence-electron chi connectivity index (χ4n) is 1.13. The van der Waals surface area contributed by atoms with Gasteiger partial charge in [0.15, 0.2) is 0 Å². The number of hydrogen-bond donors (Lipinski definition) is 0. The van der Waals surface area contributed by atoms with Gasteiger partial charge in [0.25, 0.3) is 0 Å². The molecule has 0 spiro atoms. The molecule has 0 fully saturated rings. The quantitative estimate of drug-likeness (QED) is 0.720. The summed E-state index contributed by atoms with van der Waals surface area (Å²) in [5, 5.41) is 8.14. The van der Waals surface area contributed by atoms with Gasteiger partial charge in [0.05, 0.1) is 15.0 Å². The fraction of sp³-hybridized carbons (Fsp3) is 0.400. The third-order valence-electron chi connectivity index (χ3n) is 2.28. The van der Waals surface area contributed by atoms with E-state index in [4.69, 9.17) is 5.26 Å². The molecule has 1 heterocycles. The molecule has 0 bridgehead atoms. The smallest absolute Gasteiger partial charge is 0.214 e. The Morgan fingerprint density at radius 3 is 2.73 bits per heavy atom. The van der Waals surface area contributed by atoms with Gasteiger partial charge in [-0.2, -0.15) is 5.26 Å². The molecule has 0 unspecified atom stereocenters. The molecule has 4 nitrogen and oxygen atoms in total. The van der Waals surface area contributed by atoms with Gasteiger partial charge in [0.1, 0.15) is 0 Å². The number of nitrogens with zero attached hydrogens (tertiary/aromatic N) is 3. The van der Waals surface area contributed by atoms with E-state index >= 15 is 0 Å². The van der Waals surface area contributed by atoms with E-state index in [2.05, 4.69) is 9.35 Å². The van der Waals surface area contributed by atoms with Crippen molar-refractivity contribution in [2.45, 2.75) is 19.1 Å². The lowest BCUT2D eigenvalue weighted by atomic mass is 10.2. The van der Waals surface area contributed by atoms with Gasteiger partial charge in [-0.25, -0.2) is 4.21 Å². The lowest BCUT2D eigenvalue weighted by Crippen LogP contribution is -2.07. The highest BCUT2D eigenvalue weighted by atomic mass is 32.2. The van der Waals surface area contributed by atoms with Crippen LogP contribution in [0.5, 0.6) is 0 Å². The molecule has 0 radical (unpaired) electrons. The molecule has 0 amide bonds. The van der Waals surface area contributed by atoms with Crippen LogP contribution >= 0.6 is 0 Å². The Bertz CT molecular complexity index is 492. The first kappa shape index (κ1) is 11.7. The zero-order valence-electron chi connectivity index (χ0n) is 8.97. The van der Waals surface area contributed by atoms with Crippen molar-refractivity contribution >= 4 is 9.73 Å². The number of hydrogen-bond acceptors (Lipinski definition) is 4. The van der Waals surface area contributed by atoms with E-state index in [9.17, 15) is 4.21 Å². The maximum Gasteiger partial charge on any atom is 0.214 e. The molecule has 15 heavy (non-hydrogen) atoms. The summed E-state index contributed by atoms with van der Waals surface area (Å²) in [6.45, 7) is 3.67. The van der Waals surface area contributed by atoms with E-state index in [1.165, 1.54) is 6.26 Å². The Labute approximate surface area is 90.1 Å². The summed E-state index contributed by atoms with van der Waals surface area (Å²) < 4.78 is 15.4. The molecule has 0 N–H and O–H groups in total. The zero-order valence-corrected chi connectivity index (χ0v) is 9.78. The highest BCUT2D eigenvalue weighted by molar-refractivity contribution is 7.93. The van der Waals surface area contributed by atoms with Crippen LogP contribution in [0.1, 0.15) is 23.4 Å². The summed E-state index contributed by atoms with van der Waals surface area (Å²) in [6, 6.07) is 3.72. The summed E-state index contributed by atoms with van der Waals surface area (Å²) in [5.41, 5.74) is 1.75. The van der Waals surface area contributed by atoms with Crippen LogP contribution < -0.4 is 0 Å². The minimum atomic E-state index is -2.50. The van der Waals surface area contributed by atoms with Crippen molar-refractivity contribution in [3.63, 3.8) is 0 Å². The summed E-state index contributed by atoms with van der Waals surface area (Å²) in [4.78, 5) is 4.12. The molecule has 2 atom stereocenters. The van der Waals surface area contributed by atoms with Crippen molar-refractivity contribution in [3.05, 3.63) is 29.6 Å². The Kier molecular flexibility index (Phi) is 3.43. The molecule has 5 heteroatoms. The van der Waals surface area contributed by atoms with Crippen molar-refractivity contribution in [2.24, 2.45) is 4.36 Å². The van der Waals surface area contributed by atoms with Crippen molar-refractivity contribution < 1.29 is 4.21 Å². The van der Waals surface area contributed by atoms with Crippen LogP contribution in [0.3, 0.4) is 0 Å². The second-order valence-corrected chi connectivity index (χ2v) is 6.04. The van der Waals surface area contributed by atoms with Gasteiger partial charge in [0, 0.05) is 18.1 Å².